The number of amides is 1. The van der Waals surface area contributed by atoms with Gasteiger partial charge in [0.15, 0.2) is 11.5 Å². The molecule has 1 saturated carbocycles. The van der Waals surface area contributed by atoms with Crippen LogP contribution in [0.3, 0.4) is 0 Å². The maximum absolute atomic E-state index is 13.1. The summed E-state index contributed by atoms with van der Waals surface area (Å²) in [7, 11) is 0. The number of nitrogens with zero attached hydrogens (tertiary/aromatic N) is 3. The number of pyridine rings is 1. The predicted molar refractivity (Wildman–Crippen MR) is 86.9 cm³/mol. The van der Waals surface area contributed by atoms with Crippen LogP contribution in [0.4, 0.5) is 4.39 Å². The van der Waals surface area contributed by atoms with Crippen molar-refractivity contribution in [1.82, 2.24) is 19.9 Å². The molecule has 2 heterocycles. The van der Waals surface area contributed by atoms with Crippen molar-refractivity contribution >= 4 is 11.6 Å². The molecule has 24 heavy (non-hydrogen) atoms. The number of carbonyl (C=O) groups is 1. The van der Waals surface area contributed by atoms with Gasteiger partial charge in [0.05, 0.1) is 11.5 Å². The number of halogens is 1. The van der Waals surface area contributed by atoms with Gasteiger partial charge in [0.1, 0.15) is 5.82 Å². The minimum absolute atomic E-state index is 0.0470. The summed E-state index contributed by atoms with van der Waals surface area (Å²) in [5.41, 5.74) is 1.07. The van der Waals surface area contributed by atoms with Crippen molar-refractivity contribution < 1.29 is 9.18 Å². The summed E-state index contributed by atoms with van der Waals surface area (Å²) < 4.78 is 15.0. The molecule has 0 spiro atoms. The van der Waals surface area contributed by atoms with Crippen LogP contribution < -0.4 is 5.32 Å². The highest BCUT2D eigenvalue weighted by atomic mass is 19.1. The lowest BCUT2D eigenvalue weighted by Crippen LogP contribution is -2.37. The van der Waals surface area contributed by atoms with Gasteiger partial charge in [0.2, 0.25) is 5.91 Å². The molecule has 2 aromatic heterocycles. The second-order valence-electron chi connectivity index (χ2n) is 6.27. The first kappa shape index (κ1) is 14.8. The highest BCUT2D eigenvalue weighted by molar-refractivity contribution is 5.91. The lowest BCUT2D eigenvalue weighted by molar-refractivity contribution is -0.124. The molecule has 1 unspecified atom stereocenters. The van der Waals surface area contributed by atoms with Crippen LogP contribution in [0.15, 0.2) is 48.7 Å². The third-order valence-corrected chi connectivity index (χ3v) is 4.66. The van der Waals surface area contributed by atoms with Crippen molar-refractivity contribution in [1.29, 1.82) is 0 Å². The Hall–Kier alpha value is -2.76. The van der Waals surface area contributed by atoms with Gasteiger partial charge in [0.25, 0.3) is 0 Å². The second kappa shape index (κ2) is 5.40. The average Bonchev–Trinajstić information content (AvgIpc) is 3.28. The van der Waals surface area contributed by atoms with Gasteiger partial charge in [-0.1, -0.05) is 18.2 Å². The van der Waals surface area contributed by atoms with Crippen molar-refractivity contribution in [3.05, 3.63) is 65.9 Å². The summed E-state index contributed by atoms with van der Waals surface area (Å²) in [6, 6.07) is 11.6. The molecule has 3 aromatic rings. The van der Waals surface area contributed by atoms with Crippen molar-refractivity contribution in [2.45, 2.75) is 31.2 Å². The Kier molecular flexibility index (Phi) is 3.33. The van der Waals surface area contributed by atoms with Crippen LogP contribution in [0.25, 0.3) is 5.65 Å². The van der Waals surface area contributed by atoms with Crippen LogP contribution >= 0.6 is 0 Å². The van der Waals surface area contributed by atoms with E-state index >= 15 is 0 Å². The Morgan fingerprint density at radius 1 is 1.21 bits per heavy atom. The van der Waals surface area contributed by atoms with Crippen LogP contribution in [0.2, 0.25) is 0 Å². The molecule has 1 amide bonds. The van der Waals surface area contributed by atoms with E-state index in [1.165, 1.54) is 12.1 Å². The third kappa shape index (κ3) is 2.35. The van der Waals surface area contributed by atoms with Gasteiger partial charge in [-0.05, 0) is 49.6 Å². The molecule has 0 saturated heterocycles. The van der Waals surface area contributed by atoms with Gasteiger partial charge < -0.3 is 5.32 Å². The lowest BCUT2D eigenvalue weighted by atomic mass is 9.94. The van der Waals surface area contributed by atoms with E-state index in [0.717, 1.165) is 24.1 Å². The van der Waals surface area contributed by atoms with Crippen molar-refractivity contribution in [2.24, 2.45) is 0 Å². The van der Waals surface area contributed by atoms with Gasteiger partial charge in [-0.15, -0.1) is 10.2 Å². The number of fused-ring (bicyclic) bond motifs is 1. The van der Waals surface area contributed by atoms with E-state index in [-0.39, 0.29) is 17.8 Å². The highest BCUT2D eigenvalue weighted by Gasteiger charge is 2.51. The number of hydrogen-bond acceptors (Lipinski definition) is 3. The SMILES string of the molecule is CC(NC(=O)C1(c2ccc(F)cc2)CC1)c1nnc2ccccn12. The second-order valence-corrected chi connectivity index (χ2v) is 6.27. The Morgan fingerprint density at radius 2 is 1.96 bits per heavy atom. The number of rotatable bonds is 4. The topological polar surface area (TPSA) is 59.3 Å². The number of nitrogens with one attached hydrogen (secondary N) is 1. The first-order chi connectivity index (χ1) is 11.6. The number of benzene rings is 1. The molecule has 1 fully saturated rings. The average molecular weight is 324 g/mol. The van der Waals surface area contributed by atoms with Crippen LogP contribution in [-0.2, 0) is 10.2 Å². The van der Waals surface area contributed by atoms with Crippen LogP contribution in [0.5, 0.6) is 0 Å². The maximum Gasteiger partial charge on any atom is 0.231 e. The molecule has 5 nitrogen and oxygen atoms in total. The van der Waals surface area contributed by atoms with Crippen molar-refractivity contribution in [3.63, 3.8) is 0 Å². The fourth-order valence-electron chi connectivity index (χ4n) is 3.10. The van der Waals surface area contributed by atoms with E-state index in [2.05, 4.69) is 15.5 Å². The van der Waals surface area contributed by atoms with Gasteiger partial charge in [-0.2, -0.15) is 0 Å². The predicted octanol–water partition coefficient (Wildman–Crippen LogP) is 2.78. The lowest BCUT2D eigenvalue weighted by Gasteiger charge is -2.19. The molecule has 0 aliphatic heterocycles. The molecule has 122 valence electrons. The van der Waals surface area contributed by atoms with E-state index in [0.29, 0.717) is 5.82 Å². The number of aromatic nitrogens is 3. The molecular weight excluding hydrogens is 307 g/mol. The summed E-state index contributed by atoms with van der Waals surface area (Å²) in [4.78, 5) is 12.8. The molecule has 6 heteroatoms. The normalized spacial score (nSPS) is 16.8. The molecule has 1 N–H and O–H groups in total. The van der Waals surface area contributed by atoms with Gasteiger partial charge in [0, 0.05) is 6.20 Å². The Balaban J connectivity index is 1.56. The molecule has 1 aromatic carbocycles. The van der Waals surface area contributed by atoms with Crippen molar-refractivity contribution in [3.8, 4) is 0 Å². The summed E-state index contributed by atoms with van der Waals surface area (Å²) in [6.07, 6.45) is 3.43. The maximum atomic E-state index is 13.1. The fraction of sp³-hybridized carbons (Fsp3) is 0.278. The quantitative estimate of drug-likeness (QED) is 0.803. The molecule has 1 atom stereocenters. The summed E-state index contributed by atoms with van der Waals surface area (Å²) in [5, 5.41) is 11.3. The molecule has 0 radical (unpaired) electrons. The van der Waals surface area contributed by atoms with Crippen LogP contribution in [0.1, 0.15) is 37.2 Å². The zero-order valence-corrected chi connectivity index (χ0v) is 13.2. The fourth-order valence-corrected chi connectivity index (χ4v) is 3.10. The number of hydrogen-bond donors (Lipinski definition) is 1. The highest BCUT2D eigenvalue weighted by Crippen LogP contribution is 2.48. The van der Waals surface area contributed by atoms with E-state index < -0.39 is 5.41 Å². The Labute approximate surface area is 138 Å². The smallest absolute Gasteiger partial charge is 0.231 e. The van der Waals surface area contributed by atoms with Crippen LogP contribution in [-0.4, -0.2) is 20.5 Å². The summed E-state index contributed by atoms with van der Waals surface area (Å²) in [6.45, 7) is 1.89. The minimum Gasteiger partial charge on any atom is -0.346 e. The van der Waals surface area contributed by atoms with Gasteiger partial charge in [-0.25, -0.2) is 4.39 Å². The van der Waals surface area contributed by atoms with Gasteiger partial charge in [-0.3, -0.25) is 9.20 Å². The standard InChI is InChI=1S/C18H17FN4O/c1-12(16-22-21-15-4-2-3-11-23(15)16)20-17(24)18(9-10-18)13-5-7-14(19)8-6-13/h2-8,11-12H,9-10H2,1H3,(H,20,24). The van der Waals surface area contributed by atoms with Crippen LogP contribution in [0, 0.1) is 5.82 Å². The largest absolute Gasteiger partial charge is 0.346 e. The Morgan fingerprint density at radius 3 is 2.67 bits per heavy atom. The monoisotopic (exact) mass is 324 g/mol. The molecule has 4 rings (SSSR count). The zero-order chi connectivity index (χ0) is 16.7. The molecule has 0 bridgehead atoms. The number of carbonyl (C=O) groups excluding carboxylic acids is 1. The first-order valence-electron chi connectivity index (χ1n) is 7.97. The molecule has 1 aliphatic carbocycles. The minimum atomic E-state index is -0.539. The molecular formula is C18H17FN4O. The van der Waals surface area contributed by atoms with E-state index in [4.69, 9.17) is 0 Å². The Bertz CT molecular complexity index is 899. The third-order valence-electron chi connectivity index (χ3n) is 4.66. The zero-order valence-electron chi connectivity index (χ0n) is 13.2. The van der Waals surface area contributed by atoms with E-state index in [1.807, 2.05) is 35.7 Å². The first-order valence-corrected chi connectivity index (χ1v) is 7.97. The van der Waals surface area contributed by atoms with E-state index in [9.17, 15) is 9.18 Å². The summed E-state index contributed by atoms with van der Waals surface area (Å²) >= 11 is 0. The molecule has 1 aliphatic rings. The van der Waals surface area contributed by atoms with Crippen molar-refractivity contribution in [2.75, 3.05) is 0 Å². The van der Waals surface area contributed by atoms with E-state index in [1.54, 1.807) is 12.1 Å². The van der Waals surface area contributed by atoms with Gasteiger partial charge >= 0.3 is 0 Å². The summed E-state index contributed by atoms with van der Waals surface area (Å²) in [5.74, 6) is 0.349.